The highest BCUT2D eigenvalue weighted by atomic mass is 16.2. The van der Waals surface area contributed by atoms with Crippen molar-refractivity contribution < 1.29 is 4.79 Å². The summed E-state index contributed by atoms with van der Waals surface area (Å²) in [4.78, 5) is 10.8. The topological polar surface area (TPSA) is 84.7 Å². The van der Waals surface area contributed by atoms with Gasteiger partial charge in [-0.05, 0) is 18.2 Å². The van der Waals surface area contributed by atoms with Crippen molar-refractivity contribution in [1.82, 2.24) is 9.78 Å². The molecule has 1 amide bonds. The lowest BCUT2D eigenvalue weighted by Gasteiger charge is -1.96. The van der Waals surface area contributed by atoms with Crippen molar-refractivity contribution in [2.45, 2.75) is 0 Å². The van der Waals surface area contributed by atoms with E-state index in [1.54, 1.807) is 24.3 Å². The first-order valence-corrected chi connectivity index (χ1v) is 4.57. The minimum absolute atomic E-state index is 0.547. The van der Waals surface area contributed by atoms with Gasteiger partial charge in [-0.3, -0.25) is 0 Å². The molecule has 1 heterocycles. The molecule has 0 saturated heterocycles. The van der Waals surface area contributed by atoms with E-state index >= 15 is 0 Å². The third-order valence-electron chi connectivity index (χ3n) is 2.10. The number of rotatable bonds is 1. The summed E-state index contributed by atoms with van der Waals surface area (Å²) in [6.07, 6.45) is 1.48. The van der Waals surface area contributed by atoms with Crippen molar-refractivity contribution in [3.8, 4) is 17.3 Å². The van der Waals surface area contributed by atoms with E-state index in [2.05, 4.69) is 5.10 Å². The first-order chi connectivity index (χ1) is 7.70. The summed E-state index contributed by atoms with van der Waals surface area (Å²) in [7, 11) is 0. The summed E-state index contributed by atoms with van der Waals surface area (Å²) in [6, 6.07) is 10.1. The number of hydrogen-bond donors (Lipinski definition) is 1. The van der Waals surface area contributed by atoms with E-state index < -0.39 is 6.03 Å². The maximum atomic E-state index is 10.8. The van der Waals surface area contributed by atoms with Gasteiger partial charge in [-0.15, -0.1) is 0 Å². The monoisotopic (exact) mass is 212 g/mol. The van der Waals surface area contributed by atoms with E-state index in [1.165, 1.54) is 6.20 Å². The number of carbonyl (C=O) groups excluding carboxylic acids is 1. The Morgan fingerprint density at radius 2 is 2.25 bits per heavy atom. The van der Waals surface area contributed by atoms with Crippen LogP contribution in [0.2, 0.25) is 0 Å². The Hall–Kier alpha value is -2.61. The van der Waals surface area contributed by atoms with Gasteiger partial charge in [-0.25, -0.2) is 4.79 Å². The molecule has 1 aromatic carbocycles. The summed E-state index contributed by atoms with van der Waals surface area (Å²) >= 11 is 0. The van der Waals surface area contributed by atoms with Gasteiger partial charge >= 0.3 is 6.03 Å². The molecular formula is C11H8N4O. The van der Waals surface area contributed by atoms with Crippen LogP contribution in [0.15, 0.2) is 36.5 Å². The first kappa shape index (κ1) is 9.93. The number of aromatic nitrogens is 2. The number of primary amides is 1. The molecule has 0 radical (unpaired) electrons. The maximum absolute atomic E-state index is 10.8. The highest BCUT2D eigenvalue weighted by molar-refractivity contribution is 5.74. The van der Waals surface area contributed by atoms with Gasteiger partial charge in [-0.1, -0.05) is 12.1 Å². The first-order valence-electron chi connectivity index (χ1n) is 4.57. The molecule has 0 bridgehead atoms. The van der Waals surface area contributed by atoms with Crippen LogP contribution in [0.1, 0.15) is 5.56 Å². The third kappa shape index (κ3) is 1.77. The van der Waals surface area contributed by atoms with Crippen LogP contribution in [0.4, 0.5) is 4.79 Å². The fraction of sp³-hybridized carbons (Fsp3) is 0. The molecule has 16 heavy (non-hydrogen) atoms. The average Bonchev–Trinajstić information content (AvgIpc) is 2.78. The summed E-state index contributed by atoms with van der Waals surface area (Å²) in [5.41, 5.74) is 7.00. The Kier molecular flexibility index (Phi) is 2.40. The van der Waals surface area contributed by atoms with Crippen molar-refractivity contribution in [3.63, 3.8) is 0 Å². The molecule has 78 valence electrons. The number of hydrogen-bond acceptors (Lipinski definition) is 3. The molecular weight excluding hydrogens is 204 g/mol. The summed E-state index contributed by atoms with van der Waals surface area (Å²) in [5.74, 6) is 0. The number of carbonyl (C=O) groups is 1. The van der Waals surface area contributed by atoms with Gasteiger partial charge in [0.1, 0.15) is 0 Å². The fourth-order valence-corrected chi connectivity index (χ4v) is 1.35. The molecule has 0 spiro atoms. The second kappa shape index (κ2) is 3.87. The summed E-state index contributed by atoms with van der Waals surface area (Å²) in [6.45, 7) is 0. The smallest absolute Gasteiger partial charge is 0.339 e. The Labute approximate surface area is 91.7 Å². The molecule has 0 aliphatic rings. The zero-order valence-corrected chi connectivity index (χ0v) is 8.29. The molecule has 5 heteroatoms. The van der Waals surface area contributed by atoms with E-state index in [0.717, 1.165) is 10.2 Å². The quantitative estimate of drug-likeness (QED) is 0.774. The molecule has 2 N–H and O–H groups in total. The lowest BCUT2D eigenvalue weighted by atomic mass is 10.1. The number of nitrogens with two attached hydrogens (primary N) is 1. The fourth-order valence-electron chi connectivity index (χ4n) is 1.35. The van der Waals surface area contributed by atoms with E-state index in [9.17, 15) is 4.79 Å². The largest absolute Gasteiger partial charge is 0.350 e. The lowest BCUT2D eigenvalue weighted by Crippen LogP contribution is -2.19. The van der Waals surface area contributed by atoms with Gasteiger partial charge in [0.15, 0.2) is 0 Å². The minimum atomic E-state index is -0.636. The van der Waals surface area contributed by atoms with Crippen LogP contribution in [-0.4, -0.2) is 15.8 Å². The van der Waals surface area contributed by atoms with Crippen LogP contribution in [-0.2, 0) is 0 Å². The lowest BCUT2D eigenvalue weighted by molar-refractivity contribution is 0.248. The standard InChI is InChI=1S/C11H8N4O/c12-7-8-2-1-3-9(6-8)10-4-5-15(14-10)11(13)16/h1-6H,(H2,13,16). The van der Waals surface area contributed by atoms with Gasteiger partial charge in [-0.2, -0.15) is 15.0 Å². The van der Waals surface area contributed by atoms with Gasteiger partial charge in [0.05, 0.1) is 17.3 Å². The highest BCUT2D eigenvalue weighted by Gasteiger charge is 2.05. The Morgan fingerprint density at radius 1 is 1.44 bits per heavy atom. The molecule has 0 atom stereocenters. The zero-order chi connectivity index (χ0) is 11.5. The van der Waals surface area contributed by atoms with Gasteiger partial charge in [0.25, 0.3) is 0 Å². The van der Waals surface area contributed by atoms with Crippen molar-refractivity contribution in [2.75, 3.05) is 0 Å². The van der Waals surface area contributed by atoms with Crippen LogP contribution in [0.5, 0.6) is 0 Å². The second-order valence-electron chi connectivity index (χ2n) is 3.18. The third-order valence-corrected chi connectivity index (χ3v) is 2.10. The molecule has 0 saturated carbocycles. The molecule has 0 fully saturated rings. The molecule has 2 aromatic rings. The van der Waals surface area contributed by atoms with E-state index in [0.29, 0.717) is 11.3 Å². The maximum Gasteiger partial charge on any atom is 0.339 e. The Balaban J connectivity index is 2.43. The van der Waals surface area contributed by atoms with Crippen molar-refractivity contribution in [3.05, 3.63) is 42.1 Å². The van der Waals surface area contributed by atoms with Crippen LogP contribution >= 0.6 is 0 Å². The van der Waals surface area contributed by atoms with Crippen molar-refractivity contribution >= 4 is 6.03 Å². The molecule has 0 aliphatic heterocycles. The number of benzene rings is 1. The van der Waals surface area contributed by atoms with Gasteiger partial charge < -0.3 is 5.73 Å². The molecule has 0 aliphatic carbocycles. The molecule has 0 unspecified atom stereocenters. The predicted octanol–water partition coefficient (Wildman–Crippen LogP) is 1.35. The number of nitriles is 1. The SMILES string of the molecule is N#Cc1cccc(-c2ccn(C(N)=O)n2)c1. The van der Waals surface area contributed by atoms with Gasteiger partial charge in [0, 0.05) is 11.8 Å². The zero-order valence-electron chi connectivity index (χ0n) is 8.29. The Bertz CT molecular complexity index is 580. The van der Waals surface area contributed by atoms with Crippen LogP contribution in [0, 0.1) is 11.3 Å². The molecule has 5 nitrogen and oxygen atoms in total. The number of amides is 1. The van der Waals surface area contributed by atoms with E-state index in [1.807, 2.05) is 12.1 Å². The highest BCUT2D eigenvalue weighted by Crippen LogP contribution is 2.17. The summed E-state index contributed by atoms with van der Waals surface area (Å²) < 4.78 is 1.05. The van der Waals surface area contributed by atoms with E-state index in [4.69, 9.17) is 11.0 Å². The summed E-state index contributed by atoms with van der Waals surface area (Å²) in [5, 5.41) is 12.7. The van der Waals surface area contributed by atoms with Crippen molar-refractivity contribution in [1.29, 1.82) is 5.26 Å². The van der Waals surface area contributed by atoms with Crippen LogP contribution < -0.4 is 5.73 Å². The van der Waals surface area contributed by atoms with Crippen molar-refractivity contribution in [2.24, 2.45) is 5.73 Å². The Morgan fingerprint density at radius 3 is 2.88 bits per heavy atom. The van der Waals surface area contributed by atoms with E-state index in [-0.39, 0.29) is 0 Å². The van der Waals surface area contributed by atoms with Gasteiger partial charge in [0.2, 0.25) is 0 Å². The van der Waals surface area contributed by atoms with Crippen LogP contribution in [0.25, 0.3) is 11.3 Å². The van der Waals surface area contributed by atoms with Crippen LogP contribution in [0.3, 0.4) is 0 Å². The molecule has 1 aromatic heterocycles. The minimum Gasteiger partial charge on any atom is -0.350 e. The average molecular weight is 212 g/mol. The predicted molar refractivity (Wildman–Crippen MR) is 57.4 cm³/mol. The second-order valence-corrected chi connectivity index (χ2v) is 3.18. The normalized spacial score (nSPS) is 9.69. The molecule has 2 rings (SSSR count). The number of nitrogens with zero attached hydrogens (tertiary/aromatic N) is 3.